The van der Waals surface area contributed by atoms with Gasteiger partial charge in [-0.05, 0) is 28.8 Å². The van der Waals surface area contributed by atoms with Crippen molar-refractivity contribution in [1.29, 1.82) is 0 Å². The number of nitrogens with zero attached hydrogens (tertiary/aromatic N) is 2. The molecule has 0 fully saturated rings. The van der Waals surface area contributed by atoms with E-state index in [2.05, 4.69) is 9.97 Å². The minimum Gasteiger partial charge on any atom is -0.226 e. The van der Waals surface area contributed by atoms with Gasteiger partial charge in [0, 0.05) is 18.8 Å². The Morgan fingerprint density at radius 2 is 1.80 bits per heavy atom. The Bertz CT molecular complexity index is 456. The smallest absolute Gasteiger partial charge is 0.222 e. The highest BCUT2D eigenvalue weighted by molar-refractivity contribution is 6.28. The molecule has 0 saturated carbocycles. The zero-order valence-corrected chi connectivity index (χ0v) is 8.58. The number of hydrogen-bond donors (Lipinski definition) is 0. The zero-order valence-electron chi connectivity index (χ0n) is 7.82. The van der Waals surface area contributed by atoms with Crippen LogP contribution >= 0.6 is 11.6 Å². The molecule has 76 valence electrons. The fourth-order valence-electron chi connectivity index (χ4n) is 1.29. The van der Waals surface area contributed by atoms with Crippen molar-refractivity contribution in [2.45, 2.75) is 6.42 Å². The average molecular weight is 223 g/mol. The first-order chi connectivity index (χ1) is 7.25. The van der Waals surface area contributed by atoms with E-state index in [0.29, 0.717) is 12.0 Å². The minimum atomic E-state index is -0.215. The zero-order chi connectivity index (χ0) is 10.7. The normalized spacial score (nSPS) is 10.3. The van der Waals surface area contributed by atoms with Crippen molar-refractivity contribution in [2.75, 3.05) is 0 Å². The summed E-state index contributed by atoms with van der Waals surface area (Å²) in [5.41, 5.74) is 1.47. The molecule has 1 heterocycles. The highest BCUT2D eigenvalue weighted by atomic mass is 35.5. The quantitative estimate of drug-likeness (QED) is 0.731. The molecule has 4 heteroatoms. The lowest BCUT2D eigenvalue weighted by molar-refractivity contribution is 0.614. The Hall–Kier alpha value is -1.48. The van der Waals surface area contributed by atoms with Crippen LogP contribution < -0.4 is 0 Å². The second kappa shape index (κ2) is 4.36. The standard InChI is InChI=1S/C11H8ClFN2/c12-11-14-6-8(7-15-11)5-9-3-1-2-4-10(9)13/h1-4,6-7H,5H2. The predicted octanol–water partition coefficient (Wildman–Crippen LogP) is 2.86. The van der Waals surface area contributed by atoms with Crippen molar-refractivity contribution in [2.24, 2.45) is 0 Å². The van der Waals surface area contributed by atoms with Crippen molar-refractivity contribution in [1.82, 2.24) is 9.97 Å². The number of aromatic nitrogens is 2. The van der Waals surface area contributed by atoms with Crippen molar-refractivity contribution in [3.05, 3.63) is 58.9 Å². The third-order valence-corrected chi connectivity index (χ3v) is 2.22. The van der Waals surface area contributed by atoms with Gasteiger partial charge in [-0.15, -0.1) is 0 Å². The second-order valence-corrected chi connectivity index (χ2v) is 3.47. The van der Waals surface area contributed by atoms with Crippen LogP contribution in [0.2, 0.25) is 5.28 Å². The summed E-state index contributed by atoms with van der Waals surface area (Å²) in [6.07, 6.45) is 3.67. The van der Waals surface area contributed by atoms with Gasteiger partial charge < -0.3 is 0 Å². The van der Waals surface area contributed by atoms with Gasteiger partial charge in [0.05, 0.1) is 0 Å². The first-order valence-corrected chi connectivity index (χ1v) is 4.83. The lowest BCUT2D eigenvalue weighted by Crippen LogP contribution is -1.94. The summed E-state index contributed by atoms with van der Waals surface area (Å²) < 4.78 is 13.3. The summed E-state index contributed by atoms with van der Waals surface area (Å²) in [6, 6.07) is 6.64. The van der Waals surface area contributed by atoms with Crippen LogP contribution in [-0.2, 0) is 6.42 Å². The number of benzene rings is 1. The maximum Gasteiger partial charge on any atom is 0.222 e. The fourth-order valence-corrected chi connectivity index (χ4v) is 1.39. The van der Waals surface area contributed by atoms with Crippen molar-refractivity contribution < 1.29 is 4.39 Å². The first kappa shape index (κ1) is 10.1. The molecule has 2 nitrogen and oxygen atoms in total. The topological polar surface area (TPSA) is 25.8 Å². The molecule has 0 bridgehead atoms. The van der Waals surface area contributed by atoms with E-state index in [1.54, 1.807) is 30.6 Å². The van der Waals surface area contributed by atoms with Gasteiger partial charge in [-0.3, -0.25) is 0 Å². The first-order valence-electron chi connectivity index (χ1n) is 4.45. The maximum absolute atomic E-state index is 13.3. The molecule has 0 saturated heterocycles. The van der Waals surface area contributed by atoms with E-state index >= 15 is 0 Å². The Balaban J connectivity index is 2.22. The number of halogens is 2. The predicted molar refractivity (Wildman–Crippen MR) is 56.2 cm³/mol. The van der Waals surface area contributed by atoms with E-state index in [9.17, 15) is 4.39 Å². The van der Waals surface area contributed by atoms with E-state index in [0.717, 1.165) is 5.56 Å². The average Bonchev–Trinajstić information content (AvgIpc) is 2.25. The van der Waals surface area contributed by atoms with E-state index < -0.39 is 0 Å². The summed E-state index contributed by atoms with van der Waals surface area (Å²) >= 11 is 5.55. The minimum absolute atomic E-state index is 0.201. The Morgan fingerprint density at radius 1 is 1.13 bits per heavy atom. The van der Waals surface area contributed by atoms with E-state index in [1.165, 1.54) is 6.07 Å². The summed E-state index contributed by atoms with van der Waals surface area (Å²) in [6.45, 7) is 0. The van der Waals surface area contributed by atoms with Gasteiger partial charge in [-0.2, -0.15) is 0 Å². The van der Waals surface area contributed by atoms with Crippen molar-refractivity contribution in [3.8, 4) is 0 Å². The van der Waals surface area contributed by atoms with Crippen LogP contribution in [0.25, 0.3) is 0 Å². The molecule has 0 spiro atoms. The monoisotopic (exact) mass is 222 g/mol. The second-order valence-electron chi connectivity index (χ2n) is 3.13. The van der Waals surface area contributed by atoms with Crippen LogP contribution in [-0.4, -0.2) is 9.97 Å². The molecule has 0 N–H and O–H groups in total. The third-order valence-electron chi connectivity index (χ3n) is 2.03. The summed E-state index contributed by atoms with van der Waals surface area (Å²) in [5.74, 6) is -0.215. The SMILES string of the molecule is Fc1ccccc1Cc1cnc(Cl)nc1. The Kier molecular flexibility index (Phi) is 2.92. The molecule has 0 aliphatic carbocycles. The molecule has 0 aliphatic rings. The lowest BCUT2D eigenvalue weighted by atomic mass is 10.1. The number of rotatable bonds is 2. The van der Waals surface area contributed by atoms with E-state index in [1.807, 2.05) is 0 Å². The Morgan fingerprint density at radius 3 is 2.47 bits per heavy atom. The van der Waals surface area contributed by atoms with Gasteiger partial charge in [0.2, 0.25) is 5.28 Å². The van der Waals surface area contributed by atoms with Crippen molar-refractivity contribution >= 4 is 11.6 Å². The van der Waals surface area contributed by atoms with Gasteiger partial charge in [0.25, 0.3) is 0 Å². The van der Waals surface area contributed by atoms with E-state index in [-0.39, 0.29) is 11.1 Å². The molecule has 1 aromatic heterocycles. The van der Waals surface area contributed by atoms with Gasteiger partial charge in [0.1, 0.15) is 5.82 Å². The fraction of sp³-hybridized carbons (Fsp3) is 0.0909. The molecule has 0 aliphatic heterocycles. The third kappa shape index (κ3) is 2.50. The highest BCUT2D eigenvalue weighted by Gasteiger charge is 2.02. The molecular weight excluding hydrogens is 215 g/mol. The molecule has 15 heavy (non-hydrogen) atoms. The van der Waals surface area contributed by atoms with Crippen LogP contribution in [0.15, 0.2) is 36.7 Å². The van der Waals surface area contributed by atoms with Crippen LogP contribution in [0.5, 0.6) is 0 Å². The summed E-state index contributed by atoms with van der Waals surface area (Å²) in [5, 5.41) is 0.201. The van der Waals surface area contributed by atoms with Crippen LogP contribution in [0.4, 0.5) is 4.39 Å². The molecule has 1 aromatic carbocycles. The summed E-state index contributed by atoms with van der Waals surface area (Å²) in [7, 11) is 0. The molecule has 2 aromatic rings. The van der Waals surface area contributed by atoms with E-state index in [4.69, 9.17) is 11.6 Å². The molecule has 0 radical (unpaired) electrons. The van der Waals surface area contributed by atoms with Gasteiger partial charge >= 0.3 is 0 Å². The van der Waals surface area contributed by atoms with Crippen LogP contribution in [0.3, 0.4) is 0 Å². The summed E-state index contributed by atoms with van der Waals surface area (Å²) in [4.78, 5) is 7.67. The maximum atomic E-state index is 13.3. The molecule has 0 atom stereocenters. The number of hydrogen-bond acceptors (Lipinski definition) is 2. The molecule has 2 rings (SSSR count). The van der Waals surface area contributed by atoms with Gasteiger partial charge in [0.15, 0.2) is 0 Å². The van der Waals surface area contributed by atoms with Gasteiger partial charge in [-0.25, -0.2) is 14.4 Å². The molecular formula is C11H8ClFN2. The molecule has 0 unspecified atom stereocenters. The Labute approximate surface area is 91.8 Å². The van der Waals surface area contributed by atoms with Crippen molar-refractivity contribution in [3.63, 3.8) is 0 Å². The molecule has 0 amide bonds. The highest BCUT2D eigenvalue weighted by Crippen LogP contribution is 2.12. The van der Waals surface area contributed by atoms with Crippen LogP contribution in [0, 0.1) is 5.82 Å². The van der Waals surface area contributed by atoms with Gasteiger partial charge in [-0.1, -0.05) is 18.2 Å². The van der Waals surface area contributed by atoms with Crippen LogP contribution in [0.1, 0.15) is 11.1 Å². The largest absolute Gasteiger partial charge is 0.226 e. The lowest BCUT2D eigenvalue weighted by Gasteiger charge is -2.02.